The van der Waals surface area contributed by atoms with Crippen LogP contribution in [0.5, 0.6) is 0 Å². The van der Waals surface area contributed by atoms with Gasteiger partial charge in [0.15, 0.2) is 0 Å². The fourth-order valence-corrected chi connectivity index (χ4v) is 3.08. The Morgan fingerprint density at radius 2 is 2.08 bits per heavy atom. The number of methoxy groups -OCH3 is 1. The molecule has 0 saturated heterocycles. The number of hydrogen-bond acceptors (Lipinski definition) is 7. The molecule has 1 unspecified atom stereocenters. The molecule has 0 bridgehead atoms. The number of carbonyl (C=O) groups is 1. The lowest BCUT2D eigenvalue weighted by molar-refractivity contribution is -0.384. The van der Waals surface area contributed by atoms with Gasteiger partial charge in [0.1, 0.15) is 7.11 Å². The van der Waals surface area contributed by atoms with Gasteiger partial charge in [0, 0.05) is 42.1 Å². The summed E-state index contributed by atoms with van der Waals surface area (Å²) in [5.41, 5.74) is 3.38. The van der Waals surface area contributed by atoms with Crippen molar-refractivity contribution in [1.82, 2.24) is 5.32 Å². The molecular weight excluding hydrogens is 338 g/mol. The molecule has 1 atom stereocenters. The molecule has 0 aromatic heterocycles. The van der Waals surface area contributed by atoms with Crippen molar-refractivity contribution in [3.8, 4) is 0 Å². The molecule has 0 saturated carbocycles. The molecule has 26 heavy (non-hydrogen) atoms. The smallest absolute Gasteiger partial charge is 0.336 e. The Labute approximate surface area is 151 Å². The van der Waals surface area contributed by atoms with Crippen LogP contribution < -0.4 is 5.32 Å². The number of nitrogens with one attached hydrogen (secondary N) is 1. The van der Waals surface area contributed by atoms with Crippen LogP contribution in [0.2, 0.25) is 0 Å². The van der Waals surface area contributed by atoms with Gasteiger partial charge in [-0.15, -0.1) is 0 Å². The van der Waals surface area contributed by atoms with Crippen molar-refractivity contribution >= 4 is 17.9 Å². The van der Waals surface area contributed by atoms with Crippen LogP contribution in [0.3, 0.4) is 0 Å². The van der Waals surface area contributed by atoms with Gasteiger partial charge in [0.05, 0.1) is 17.6 Å². The molecule has 8 nitrogen and oxygen atoms in total. The standard InChI is InChI=1S/C18H21N3O5/c1-11-15(8-9-19-26-4)17(16(12(2)20-11)18(22)25-3)13-6-5-7-14(10-13)21(23)24/h5-7,9-10,17,20H,8H2,1-4H3. The maximum absolute atomic E-state index is 12.4. The van der Waals surface area contributed by atoms with Gasteiger partial charge in [-0.05, 0) is 25.0 Å². The maximum Gasteiger partial charge on any atom is 0.336 e. The number of oxime groups is 1. The number of non-ortho nitro benzene ring substituents is 1. The van der Waals surface area contributed by atoms with E-state index in [4.69, 9.17) is 9.57 Å². The predicted molar refractivity (Wildman–Crippen MR) is 96.5 cm³/mol. The van der Waals surface area contributed by atoms with Crippen LogP contribution in [-0.2, 0) is 14.4 Å². The Balaban J connectivity index is 2.62. The highest BCUT2D eigenvalue weighted by molar-refractivity contribution is 5.93. The summed E-state index contributed by atoms with van der Waals surface area (Å²) < 4.78 is 4.95. The van der Waals surface area contributed by atoms with Crippen LogP contribution in [0.1, 0.15) is 31.7 Å². The first-order chi connectivity index (χ1) is 12.4. The van der Waals surface area contributed by atoms with E-state index in [1.165, 1.54) is 26.4 Å². The minimum Gasteiger partial charge on any atom is -0.466 e. The highest BCUT2D eigenvalue weighted by Crippen LogP contribution is 2.40. The van der Waals surface area contributed by atoms with Gasteiger partial charge in [-0.25, -0.2) is 4.79 Å². The van der Waals surface area contributed by atoms with Gasteiger partial charge in [-0.1, -0.05) is 17.3 Å². The summed E-state index contributed by atoms with van der Waals surface area (Å²) in [4.78, 5) is 27.8. The minimum absolute atomic E-state index is 0.0366. The van der Waals surface area contributed by atoms with E-state index in [0.717, 1.165) is 11.3 Å². The second kappa shape index (κ2) is 8.28. The summed E-state index contributed by atoms with van der Waals surface area (Å²) in [6.45, 7) is 3.66. The lowest BCUT2D eigenvalue weighted by Gasteiger charge is -2.31. The SMILES string of the molecule is CON=CCC1=C(C)NC(C)=C(C(=O)OC)C1c1cccc([N+](=O)[O-])c1. The van der Waals surface area contributed by atoms with Crippen molar-refractivity contribution in [2.75, 3.05) is 14.2 Å². The average Bonchev–Trinajstić information content (AvgIpc) is 2.62. The maximum atomic E-state index is 12.4. The van der Waals surface area contributed by atoms with Crippen LogP contribution in [0.25, 0.3) is 0 Å². The van der Waals surface area contributed by atoms with E-state index in [2.05, 4.69) is 10.5 Å². The van der Waals surface area contributed by atoms with E-state index in [-0.39, 0.29) is 5.69 Å². The second-order valence-electron chi connectivity index (χ2n) is 5.77. The fraction of sp³-hybridized carbons (Fsp3) is 0.333. The molecule has 1 heterocycles. The summed E-state index contributed by atoms with van der Waals surface area (Å²) in [7, 11) is 2.75. The second-order valence-corrected chi connectivity index (χ2v) is 5.77. The number of rotatable bonds is 6. The van der Waals surface area contributed by atoms with E-state index in [1.54, 1.807) is 25.3 Å². The fourth-order valence-electron chi connectivity index (χ4n) is 3.08. The van der Waals surface area contributed by atoms with Gasteiger partial charge >= 0.3 is 5.97 Å². The van der Waals surface area contributed by atoms with Gasteiger partial charge in [-0.3, -0.25) is 10.1 Å². The average molecular weight is 359 g/mol. The molecule has 0 aliphatic carbocycles. The van der Waals surface area contributed by atoms with E-state index in [1.807, 2.05) is 6.92 Å². The molecule has 0 radical (unpaired) electrons. The predicted octanol–water partition coefficient (Wildman–Crippen LogP) is 3.02. The normalized spacial score (nSPS) is 17.3. The Morgan fingerprint density at radius 1 is 1.35 bits per heavy atom. The third-order valence-electron chi connectivity index (χ3n) is 4.21. The number of benzene rings is 1. The molecule has 8 heteroatoms. The van der Waals surface area contributed by atoms with Crippen molar-refractivity contribution in [2.24, 2.45) is 5.16 Å². The number of nitrogens with zero attached hydrogens (tertiary/aromatic N) is 2. The minimum atomic E-state index is -0.486. The molecule has 0 amide bonds. The topological polar surface area (TPSA) is 103 Å². The van der Waals surface area contributed by atoms with Crippen LogP contribution in [0, 0.1) is 10.1 Å². The Hall–Kier alpha value is -3.16. The number of ether oxygens (including phenoxy) is 1. The van der Waals surface area contributed by atoms with Crippen molar-refractivity contribution in [3.05, 3.63) is 62.5 Å². The van der Waals surface area contributed by atoms with Crippen LogP contribution >= 0.6 is 0 Å². The van der Waals surface area contributed by atoms with Gasteiger partial charge in [0.2, 0.25) is 0 Å². The van der Waals surface area contributed by atoms with E-state index in [0.29, 0.717) is 23.3 Å². The molecule has 1 aromatic rings. The van der Waals surface area contributed by atoms with Crippen LogP contribution in [0.15, 0.2) is 52.0 Å². The monoisotopic (exact) mass is 359 g/mol. The number of hydrogen-bond donors (Lipinski definition) is 1. The van der Waals surface area contributed by atoms with Crippen molar-refractivity contribution < 1.29 is 19.3 Å². The van der Waals surface area contributed by atoms with Gasteiger partial charge in [0.25, 0.3) is 5.69 Å². The Kier molecular flexibility index (Phi) is 6.11. The summed E-state index contributed by atoms with van der Waals surface area (Å²) in [6, 6.07) is 6.27. The van der Waals surface area contributed by atoms with E-state index >= 15 is 0 Å². The summed E-state index contributed by atoms with van der Waals surface area (Å²) >= 11 is 0. The number of esters is 1. The highest BCUT2D eigenvalue weighted by atomic mass is 16.6. The Bertz CT molecular complexity index is 811. The van der Waals surface area contributed by atoms with E-state index < -0.39 is 16.8 Å². The molecule has 0 fully saturated rings. The van der Waals surface area contributed by atoms with Crippen molar-refractivity contribution in [2.45, 2.75) is 26.2 Å². The third kappa shape index (κ3) is 3.90. The largest absolute Gasteiger partial charge is 0.466 e. The van der Waals surface area contributed by atoms with Crippen LogP contribution in [0.4, 0.5) is 5.69 Å². The summed E-state index contributed by atoms with van der Waals surface area (Å²) in [5, 5.41) is 18.1. The summed E-state index contributed by atoms with van der Waals surface area (Å²) in [5.74, 6) is -0.966. The molecule has 1 aliphatic heterocycles. The molecule has 2 rings (SSSR count). The number of dihydropyridines is 1. The number of nitro benzene ring substituents is 1. The van der Waals surface area contributed by atoms with Crippen molar-refractivity contribution in [3.63, 3.8) is 0 Å². The zero-order valence-electron chi connectivity index (χ0n) is 15.1. The number of carbonyl (C=O) groups excluding carboxylic acids is 1. The molecular formula is C18H21N3O5. The molecule has 138 valence electrons. The van der Waals surface area contributed by atoms with Gasteiger partial charge < -0.3 is 14.9 Å². The highest BCUT2D eigenvalue weighted by Gasteiger charge is 2.33. The third-order valence-corrected chi connectivity index (χ3v) is 4.21. The van der Waals surface area contributed by atoms with Gasteiger partial charge in [-0.2, -0.15) is 0 Å². The zero-order chi connectivity index (χ0) is 19.3. The lowest BCUT2D eigenvalue weighted by atomic mass is 9.79. The van der Waals surface area contributed by atoms with E-state index in [9.17, 15) is 14.9 Å². The first-order valence-electron chi connectivity index (χ1n) is 7.95. The van der Waals surface area contributed by atoms with Crippen LogP contribution in [-0.4, -0.2) is 31.3 Å². The molecule has 0 spiro atoms. The number of allylic oxidation sites excluding steroid dienone is 3. The quantitative estimate of drug-likeness (QED) is 0.362. The first-order valence-corrected chi connectivity index (χ1v) is 7.95. The molecule has 1 aliphatic rings. The molecule has 1 aromatic carbocycles. The molecule has 1 N–H and O–H groups in total. The van der Waals surface area contributed by atoms with Crippen molar-refractivity contribution in [1.29, 1.82) is 0 Å². The zero-order valence-corrected chi connectivity index (χ0v) is 15.1. The lowest BCUT2D eigenvalue weighted by Crippen LogP contribution is -2.29. The first kappa shape index (κ1) is 19.2. The number of nitro groups is 1. The Morgan fingerprint density at radius 3 is 2.69 bits per heavy atom. The summed E-state index contributed by atoms with van der Waals surface area (Å²) in [6.07, 6.45) is 1.99.